The Morgan fingerprint density at radius 3 is 2.46 bits per heavy atom. The summed E-state index contributed by atoms with van der Waals surface area (Å²) < 4.78 is 4.89. The maximum atomic E-state index is 11.9. The highest BCUT2D eigenvalue weighted by Crippen LogP contribution is 2.16. The fourth-order valence-electron chi connectivity index (χ4n) is 2.35. The average molecular weight is 367 g/mol. The molecule has 0 radical (unpaired) electrons. The molecular formula is C20H34N2O4. The van der Waals surface area contributed by atoms with Crippen molar-refractivity contribution in [3.63, 3.8) is 0 Å². The Hall–Kier alpha value is -2.11. The van der Waals surface area contributed by atoms with Crippen LogP contribution in [0, 0.1) is 5.92 Å². The van der Waals surface area contributed by atoms with Crippen LogP contribution < -0.4 is 5.32 Å². The molecule has 2 amide bonds. The van der Waals surface area contributed by atoms with Crippen LogP contribution in [0.2, 0.25) is 0 Å². The van der Waals surface area contributed by atoms with Gasteiger partial charge in [0.05, 0.1) is 0 Å². The molecule has 2 atom stereocenters. The van der Waals surface area contributed by atoms with E-state index in [0.717, 1.165) is 19.3 Å². The second kappa shape index (κ2) is 13.1. The van der Waals surface area contributed by atoms with Crippen molar-refractivity contribution in [3.8, 4) is 0 Å². The van der Waals surface area contributed by atoms with Gasteiger partial charge in [0.2, 0.25) is 5.91 Å². The standard InChI is InChI=1S/C20H34N2O4/c1-7-15(3)13-16(4)11-9-10-12-19(24)26-14-18(23)21-17(5)20(25)22(6)8-2/h7,10,12,16-17H,8-9,11,13-14H2,1-6H3,(H,21,23)/b12-10+,15-7+. The van der Waals surface area contributed by atoms with E-state index < -0.39 is 24.5 Å². The van der Waals surface area contributed by atoms with E-state index in [1.807, 2.05) is 13.8 Å². The Labute approximate surface area is 157 Å². The quantitative estimate of drug-likeness (QED) is 0.347. The normalized spacial score (nSPS) is 14.0. The Bertz CT molecular complexity index is 526. The molecule has 2 unspecified atom stereocenters. The molecule has 0 heterocycles. The van der Waals surface area contributed by atoms with Crippen molar-refractivity contribution in [1.29, 1.82) is 0 Å². The summed E-state index contributed by atoms with van der Waals surface area (Å²) in [5.41, 5.74) is 1.37. The summed E-state index contributed by atoms with van der Waals surface area (Å²) in [7, 11) is 1.66. The highest BCUT2D eigenvalue weighted by Gasteiger charge is 2.18. The number of esters is 1. The number of rotatable bonds is 11. The first-order valence-corrected chi connectivity index (χ1v) is 9.20. The molecular weight excluding hydrogens is 332 g/mol. The molecule has 0 aliphatic heterocycles. The average Bonchev–Trinajstić information content (AvgIpc) is 2.61. The van der Waals surface area contributed by atoms with Crippen LogP contribution in [0.5, 0.6) is 0 Å². The lowest BCUT2D eigenvalue weighted by Crippen LogP contribution is -2.46. The molecule has 0 aromatic rings. The van der Waals surface area contributed by atoms with Gasteiger partial charge >= 0.3 is 5.97 Å². The van der Waals surface area contributed by atoms with Crippen LogP contribution in [0.3, 0.4) is 0 Å². The van der Waals surface area contributed by atoms with Crippen LogP contribution in [-0.4, -0.2) is 48.9 Å². The summed E-state index contributed by atoms with van der Waals surface area (Å²) in [5, 5.41) is 2.52. The highest BCUT2D eigenvalue weighted by molar-refractivity contribution is 5.89. The Morgan fingerprint density at radius 2 is 1.88 bits per heavy atom. The van der Waals surface area contributed by atoms with E-state index in [0.29, 0.717) is 12.5 Å². The number of nitrogens with one attached hydrogen (secondary N) is 1. The molecule has 6 heteroatoms. The minimum atomic E-state index is -0.649. The lowest BCUT2D eigenvalue weighted by Gasteiger charge is -2.20. The van der Waals surface area contributed by atoms with Crippen LogP contribution in [0.1, 0.15) is 53.9 Å². The molecule has 0 aliphatic carbocycles. The maximum Gasteiger partial charge on any atom is 0.330 e. The van der Waals surface area contributed by atoms with Gasteiger partial charge in [-0.25, -0.2) is 4.79 Å². The lowest BCUT2D eigenvalue weighted by atomic mass is 9.97. The van der Waals surface area contributed by atoms with E-state index in [4.69, 9.17) is 4.74 Å². The monoisotopic (exact) mass is 366 g/mol. The molecule has 0 aromatic heterocycles. The van der Waals surface area contributed by atoms with Crippen molar-refractivity contribution >= 4 is 17.8 Å². The molecule has 0 fully saturated rings. The van der Waals surface area contributed by atoms with Crippen molar-refractivity contribution < 1.29 is 19.1 Å². The van der Waals surface area contributed by atoms with Crippen LogP contribution in [-0.2, 0) is 19.1 Å². The van der Waals surface area contributed by atoms with Crippen molar-refractivity contribution in [2.45, 2.75) is 59.9 Å². The second-order valence-electron chi connectivity index (χ2n) is 6.67. The molecule has 0 bridgehead atoms. The fourth-order valence-corrected chi connectivity index (χ4v) is 2.35. The molecule has 0 aliphatic rings. The summed E-state index contributed by atoms with van der Waals surface area (Å²) in [4.78, 5) is 36.7. The van der Waals surface area contributed by atoms with E-state index in [1.54, 1.807) is 20.0 Å². The summed E-state index contributed by atoms with van der Waals surface area (Å²) in [6.07, 6.45) is 8.06. The number of carbonyl (C=O) groups excluding carboxylic acids is 3. The topological polar surface area (TPSA) is 75.7 Å². The molecule has 0 spiro atoms. The Kier molecular flexibility index (Phi) is 12.1. The first kappa shape index (κ1) is 23.9. The largest absolute Gasteiger partial charge is 0.452 e. The summed E-state index contributed by atoms with van der Waals surface area (Å²) in [6, 6.07) is -0.649. The summed E-state index contributed by atoms with van der Waals surface area (Å²) >= 11 is 0. The van der Waals surface area contributed by atoms with Crippen LogP contribution in [0.15, 0.2) is 23.8 Å². The number of hydrogen-bond acceptors (Lipinski definition) is 4. The minimum absolute atomic E-state index is 0.186. The van der Waals surface area contributed by atoms with E-state index in [9.17, 15) is 14.4 Å². The number of likely N-dealkylation sites (N-methyl/N-ethyl adjacent to an activating group) is 1. The smallest absolute Gasteiger partial charge is 0.330 e. The van der Waals surface area contributed by atoms with E-state index in [1.165, 1.54) is 16.5 Å². The van der Waals surface area contributed by atoms with Crippen molar-refractivity contribution in [1.82, 2.24) is 10.2 Å². The second-order valence-corrected chi connectivity index (χ2v) is 6.67. The van der Waals surface area contributed by atoms with E-state index in [2.05, 4.69) is 25.2 Å². The summed E-state index contributed by atoms with van der Waals surface area (Å²) in [5.74, 6) is -0.679. The number of nitrogens with zero attached hydrogens (tertiary/aromatic N) is 1. The number of amides is 2. The highest BCUT2D eigenvalue weighted by atomic mass is 16.5. The Morgan fingerprint density at radius 1 is 1.23 bits per heavy atom. The van der Waals surface area contributed by atoms with Crippen molar-refractivity contribution in [2.75, 3.05) is 20.2 Å². The lowest BCUT2D eigenvalue weighted by molar-refractivity contribution is -0.144. The third kappa shape index (κ3) is 10.7. The van der Waals surface area contributed by atoms with E-state index >= 15 is 0 Å². The Balaban J connectivity index is 4.07. The molecule has 26 heavy (non-hydrogen) atoms. The molecule has 0 saturated carbocycles. The molecule has 148 valence electrons. The molecule has 0 rings (SSSR count). The van der Waals surface area contributed by atoms with Crippen molar-refractivity contribution in [2.24, 2.45) is 5.92 Å². The summed E-state index contributed by atoms with van der Waals surface area (Å²) in [6.45, 7) is 9.95. The number of hydrogen-bond donors (Lipinski definition) is 1. The van der Waals surface area contributed by atoms with Crippen LogP contribution in [0.4, 0.5) is 0 Å². The third-order valence-corrected chi connectivity index (χ3v) is 4.19. The molecule has 0 aromatic carbocycles. The number of allylic oxidation sites excluding steroid dienone is 3. The molecule has 1 N–H and O–H groups in total. The van der Waals surface area contributed by atoms with Gasteiger partial charge < -0.3 is 15.0 Å². The third-order valence-electron chi connectivity index (χ3n) is 4.19. The minimum Gasteiger partial charge on any atom is -0.452 e. The molecule has 6 nitrogen and oxygen atoms in total. The molecule has 0 saturated heterocycles. The van der Waals surface area contributed by atoms with E-state index in [-0.39, 0.29) is 5.91 Å². The van der Waals surface area contributed by atoms with Gasteiger partial charge in [0.1, 0.15) is 6.04 Å². The fraction of sp³-hybridized carbons (Fsp3) is 0.650. The zero-order valence-electron chi connectivity index (χ0n) is 17.0. The van der Waals surface area contributed by atoms with Gasteiger partial charge in [-0.3, -0.25) is 9.59 Å². The number of carbonyl (C=O) groups is 3. The van der Waals surface area contributed by atoms with Gasteiger partial charge in [-0.05, 0) is 52.9 Å². The zero-order chi connectivity index (χ0) is 20.1. The first-order valence-electron chi connectivity index (χ1n) is 9.20. The van der Waals surface area contributed by atoms with Crippen LogP contribution >= 0.6 is 0 Å². The van der Waals surface area contributed by atoms with Gasteiger partial charge in [0.15, 0.2) is 6.61 Å². The van der Waals surface area contributed by atoms with Crippen molar-refractivity contribution in [3.05, 3.63) is 23.8 Å². The van der Waals surface area contributed by atoms with Gasteiger partial charge in [-0.1, -0.05) is 24.6 Å². The maximum absolute atomic E-state index is 11.9. The predicted molar refractivity (Wildman–Crippen MR) is 103 cm³/mol. The van der Waals surface area contributed by atoms with Gasteiger partial charge in [0, 0.05) is 19.7 Å². The first-order chi connectivity index (χ1) is 12.2. The number of ether oxygens (including phenoxy) is 1. The van der Waals surface area contributed by atoms with Gasteiger partial charge in [-0.2, -0.15) is 0 Å². The SMILES string of the molecule is C/C=C(\C)CC(C)CC/C=C/C(=O)OCC(=O)NC(C)C(=O)N(C)CC. The predicted octanol–water partition coefficient (Wildman–Crippen LogP) is 2.84. The van der Waals surface area contributed by atoms with Gasteiger partial charge in [0.25, 0.3) is 5.91 Å². The van der Waals surface area contributed by atoms with Gasteiger partial charge in [-0.15, -0.1) is 0 Å². The van der Waals surface area contributed by atoms with Crippen LogP contribution in [0.25, 0.3) is 0 Å². The zero-order valence-corrected chi connectivity index (χ0v) is 17.0.